The van der Waals surface area contributed by atoms with Crippen LogP contribution in [0.3, 0.4) is 0 Å². The van der Waals surface area contributed by atoms with Crippen LogP contribution < -0.4 is 10.6 Å². The summed E-state index contributed by atoms with van der Waals surface area (Å²) in [5, 5.41) is 8.82. The molecule has 0 amide bonds. The van der Waals surface area contributed by atoms with Crippen LogP contribution in [-0.4, -0.2) is 20.6 Å². The first kappa shape index (κ1) is 13.2. The first-order valence-electron chi connectivity index (χ1n) is 5.28. The third-order valence-electron chi connectivity index (χ3n) is 2.67. The molecule has 0 aromatic carbocycles. The van der Waals surface area contributed by atoms with Crippen LogP contribution in [-0.2, 0) is 0 Å². The summed E-state index contributed by atoms with van der Waals surface area (Å²) in [6.07, 6.45) is 1.18. The third kappa shape index (κ3) is 3.55. The Bertz CT molecular complexity index is 288. The van der Waals surface area contributed by atoms with Crippen molar-refractivity contribution in [3.8, 4) is 0 Å². The quantitative estimate of drug-likeness (QED) is 0.842. The topological polar surface area (TPSA) is 24.1 Å². The van der Waals surface area contributed by atoms with Crippen molar-refractivity contribution in [2.75, 3.05) is 20.6 Å². The molecule has 0 aliphatic rings. The van der Waals surface area contributed by atoms with Crippen LogP contribution in [0.1, 0.15) is 24.3 Å². The maximum Gasteiger partial charge on any atom is 0.0453 e. The van der Waals surface area contributed by atoms with Gasteiger partial charge < -0.3 is 10.6 Å². The molecule has 1 rings (SSSR count). The van der Waals surface area contributed by atoms with Crippen molar-refractivity contribution < 1.29 is 0 Å². The molecule has 2 unspecified atom stereocenters. The van der Waals surface area contributed by atoms with Crippen molar-refractivity contribution in [2.24, 2.45) is 5.92 Å². The lowest BCUT2D eigenvalue weighted by Gasteiger charge is -2.24. The molecule has 1 heterocycles. The monoisotopic (exact) mass is 290 g/mol. The van der Waals surface area contributed by atoms with Gasteiger partial charge in [-0.15, -0.1) is 11.3 Å². The molecule has 0 saturated carbocycles. The predicted octanol–water partition coefficient (Wildman–Crippen LogP) is 3.02. The molecular weight excluding hydrogens is 272 g/mol. The first-order valence-corrected chi connectivity index (χ1v) is 6.96. The fourth-order valence-corrected chi connectivity index (χ4v) is 3.51. The van der Waals surface area contributed by atoms with Crippen molar-refractivity contribution in [3.05, 3.63) is 20.8 Å². The molecule has 86 valence electrons. The van der Waals surface area contributed by atoms with Gasteiger partial charge in [0.1, 0.15) is 0 Å². The second-order valence-electron chi connectivity index (χ2n) is 3.66. The van der Waals surface area contributed by atoms with E-state index < -0.39 is 0 Å². The molecular formula is C11H19BrN2S. The Hall–Kier alpha value is 0.1000. The average molecular weight is 291 g/mol. The molecule has 2 N–H and O–H groups in total. The lowest BCUT2D eigenvalue weighted by molar-refractivity contribution is 0.364. The van der Waals surface area contributed by atoms with E-state index in [4.69, 9.17) is 0 Å². The molecule has 0 aliphatic heterocycles. The zero-order chi connectivity index (χ0) is 11.3. The van der Waals surface area contributed by atoms with Gasteiger partial charge in [0, 0.05) is 20.8 Å². The fourth-order valence-electron chi connectivity index (χ4n) is 1.86. The standard InChI is InChI=1S/C11H19BrN2S/c1-4-8(6-13-2)11(14-3)10-5-9(12)7-15-10/h5,7-8,11,13-14H,4,6H2,1-3H3. The molecule has 0 saturated heterocycles. The van der Waals surface area contributed by atoms with Crippen LogP contribution in [0.4, 0.5) is 0 Å². The predicted molar refractivity (Wildman–Crippen MR) is 71.5 cm³/mol. The van der Waals surface area contributed by atoms with E-state index in [0.717, 1.165) is 6.54 Å². The van der Waals surface area contributed by atoms with E-state index in [9.17, 15) is 0 Å². The number of rotatable bonds is 6. The number of hydrogen-bond donors (Lipinski definition) is 2. The van der Waals surface area contributed by atoms with Gasteiger partial charge in [-0.1, -0.05) is 13.3 Å². The van der Waals surface area contributed by atoms with Gasteiger partial charge in [0.2, 0.25) is 0 Å². The lowest BCUT2D eigenvalue weighted by atomic mass is 9.95. The van der Waals surface area contributed by atoms with Gasteiger partial charge in [0.25, 0.3) is 0 Å². The van der Waals surface area contributed by atoms with Crippen molar-refractivity contribution in [1.29, 1.82) is 0 Å². The molecule has 0 bridgehead atoms. The summed E-state index contributed by atoms with van der Waals surface area (Å²) in [5.41, 5.74) is 0. The second-order valence-corrected chi connectivity index (χ2v) is 5.52. The van der Waals surface area contributed by atoms with E-state index in [0.29, 0.717) is 12.0 Å². The lowest BCUT2D eigenvalue weighted by Crippen LogP contribution is -2.31. The summed E-state index contributed by atoms with van der Waals surface area (Å²) in [7, 11) is 4.05. The van der Waals surface area contributed by atoms with E-state index in [1.54, 1.807) is 0 Å². The SMILES string of the molecule is CCC(CNC)C(NC)c1cc(Br)cs1. The van der Waals surface area contributed by atoms with Crippen LogP contribution in [0, 0.1) is 5.92 Å². The number of thiophene rings is 1. The summed E-state index contributed by atoms with van der Waals surface area (Å²) < 4.78 is 1.18. The van der Waals surface area contributed by atoms with Crippen molar-refractivity contribution in [2.45, 2.75) is 19.4 Å². The highest BCUT2D eigenvalue weighted by atomic mass is 79.9. The van der Waals surface area contributed by atoms with E-state index in [1.165, 1.54) is 15.8 Å². The maximum atomic E-state index is 3.51. The number of nitrogens with one attached hydrogen (secondary N) is 2. The van der Waals surface area contributed by atoms with Gasteiger partial charge in [0.15, 0.2) is 0 Å². The van der Waals surface area contributed by atoms with Crippen molar-refractivity contribution >= 4 is 27.3 Å². The largest absolute Gasteiger partial charge is 0.319 e. The Morgan fingerprint density at radius 2 is 2.20 bits per heavy atom. The second kappa shape index (κ2) is 6.63. The van der Waals surface area contributed by atoms with Gasteiger partial charge in [-0.2, -0.15) is 0 Å². The van der Waals surface area contributed by atoms with Crippen LogP contribution in [0.15, 0.2) is 15.9 Å². The minimum atomic E-state index is 0.457. The summed E-state index contributed by atoms with van der Waals surface area (Å²) in [6, 6.07) is 2.67. The van der Waals surface area contributed by atoms with Crippen LogP contribution in [0.5, 0.6) is 0 Å². The molecule has 0 fully saturated rings. The fraction of sp³-hybridized carbons (Fsp3) is 0.636. The van der Waals surface area contributed by atoms with E-state index in [2.05, 4.69) is 44.9 Å². The summed E-state index contributed by atoms with van der Waals surface area (Å²) >= 11 is 5.32. The summed E-state index contributed by atoms with van der Waals surface area (Å²) in [4.78, 5) is 1.41. The van der Waals surface area contributed by atoms with Crippen molar-refractivity contribution in [3.63, 3.8) is 0 Å². The van der Waals surface area contributed by atoms with Gasteiger partial charge in [-0.25, -0.2) is 0 Å². The van der Waals surface area contributed by atoms with E-state index in [-0.39, 0.29) is 0 Å². The minimum Gasteiger partial charge on any atom is -0.319 e. The molecule has 2 atom stereocenters. The molecule has 15 heavy (non-hydrogen) atoms. The van der Waals surface area contributed by atoms with Crippen LogP contribution >= 0.6 is 27.3 Å². The molecule has 0 aliphatic carbocycles. The molecule has 1 aromatic rings. The van der Waals surface area contributed by atoms with Gasteiger partial charge in [-0.3, -0.25) is 0 Å². The van der Waals surface area contributed by atoms with Crippen molar-refractivity contribution in [1.82, 2.24) is 10.6 Å². The Morgan fingerprint density at radius 1 is 1.47 bits per heavy atom. The molecule has 1 aromatic heterocycles. The zero-order valence-electron chi connectivity index (χ0n) is 9.51. The molecule has 0 spiro atoms. The molecule has 0 radical (unpaired) electrons. The summed E-state index contributed by atoms with van der Waals surface area (Å²) in [6.45, 7) is 3.30. The number of hydrogen-bond acceptors (Lipinski definition) is 3. The zero-order valence-corrected chi connectivity index (χ0v) is 11.9. The van der Waals surface area contributed by atoms with Gasteiger partial charge in [0.05, 0.1) is 0 Å². The van der Waals surface area contributed by atoms with Crippen LogP contribution in [0.25, 0.3) is 0 Å². The summed E-state index contributed by atoms with van der Waals surface area (Å²) in [5.74, 6) is 0.644. The third-order valence-corrected chi connectivity index (χ3v) is 4.44. The molecule has 4 heteroatoms. The smallest absolute Gasteiger partial charge is 0.0453 e. The maximum absolute atomic E-state index is 3.51. The van der Waals surface area contributed by atoms with Crippen LogP contribution in [0.2, 0.25) is 0 Å². The van der Waals surface area contributed by atoms with E-state index >= 15 is 0 Å². The number of halogens is 1. The minimum absolute atomic E-state index is 0.457. The Balaban J connectivity index is 2.76. The highest BCUT2D eigenvalue weighted by molar-refractivity contribution is 9.10. The highest BCUT2D eigenvalue weighted by Crippen LogP contribution is 2.31. The normalized spacial score (nSPS) is 15.2. The molecule has 2 nitrogen and oxygen atoms in total. The first-order chi connectivity index (χ1) is 7.22. The van der Waals surface area contributed by atoms with Gasteiger partial charge in [-0.05, 0) is 48.6 Å². The Labute approximate surface area is 105 Å². The van der Waals surface area contributed by atoms with Gasteiger partial charge >= 0.3 is 0 Å². The highest BCUT2D eigenvalue weighted by Gasteiger charge is 2.20. The Kier molecular flexibility index (Phi) is 5.82. The van der Waals surface area contributed by atoms with E-state index in [1.807, 2.05) is 25.4 Å². The Morgan fingerprint density at radius 3 is 2.60 bits per heavy atom. The average Bonchev–Trinajstić information content (AvgIpc) is 2.64.